The zero-order valence-electron chi connectivity index (χ0n) is 10.2. The van der Waals surface area contributed by atoms with E-state index in [0.29, 0.717) is 17.3 Å². The summed E-state index contributed by atoms with van der Waals surface area (Å²) in [5.41, 5.74) is 1.62. The van der Waals surface area contributed by atoms with Crippen molar-refractivity contribution in [2.24, 2.45) is 0 Å². The molecule has 2 aromatic rings. The fraction of sp³-hybridized carbons (Fsp3) is 0.231. The number of aliphatic hydroxyl groups excluding tert-OH is 1. The summed E-state index contributed by atoms with van der Waals surface area (Å²) < 4.78 is 0. The van der Waals surface area contributed by atoms with Crippen molar-refractivity contribution in [2.75, 3.05) is 17.2 Å². The average molecular weight is 244 g/mol. The molecule has 18 heavy (non-hydrogen) atoms. The molecule has 3 N–H and O–H groups in total. The lowest BCUT2D eigenvalue weighted by Crippen LogP contribution is -2.07. The summed E-state index contributed by atoms with van der Waals surface area (Å²) in [7, 11) is 0. The Balaban J connectivity index is 2.21. The number of hydrogen-bond acceptors (Lipinski definition) is 5. The summed E-state index contributed by atoms with van der Waals surface area (Å²) in [5.74, 6) is 1.17. The van der Waals surface area contributed by atoms with E-state index in [1.54, 1.807) is 6.20 Å². The third-order valence-electron chi connectivity index (χ3n) is 2.41. The lowest BCUT2D eigenvalue weighted by molar-refractivity contribution is 0.281. The Kier molecular flexibility index (Phi) is 4.09. The van der Waals surface area contributed by atoms with Crippen LogP contribution in [0.25, 0.3) is 0 Å². The second-order valence-corrected chi connectivity index (χ2v) is 3.75. The van der Waals surface area contributed by atoms with Crippen LogP contribution >= 0.6 is 0 Å². The lowest BCUT2D eigenvalue weighted by atomic mass is 10.3. The highest BCUT2D eigenvalue weighted by Gasteiger charge is 2.05. The number of aromatic nitrogens is 2. The summed E-state index contributed by atoms with van der Waals surface area (Å²) in [6.45, 7) is 2.65. The van der Waals surface area contributed by atoms with Gasteiger partial charge in [-0.1, -0.05) is 18.2 Å². The van der Waals surface area contributed by atoms with Crippen LogP contribution in [0, 0.1) is 0 Å². The maximum Gasteiger partial charge on any atom is 0.229 e. The first-order chi connectivity index (χ1) is 8.83. The molecule has 0 saturated heterocycles. The van der Waals surface area contributed by atoms with Crippen LogP contribution < -0.4 is 10.6 Å². The molecule has 2 rings (SSSR count). The van der Waals surface area contributed by atoms with Gasteiger partial charge in [0.1, 0.15) is 5.82 Å². The van der Waals surface area contributed by atoms with Gasteiger partial charge in [0.2, 0.25) is 5.95 Å². The first-order valence-electron chi connectivity index (χ1n) is 5.86. The van der Waals surface area contributed by atoms with Crippen LogP contribution in [0.5, 0.6) is 0 Å². The van der Waals surface area contributed by atoms with E-state index in [0.717, 1.165) is 12.2 Å². The van der Waals surface area contributed by atoms with Crippen LogP contribution in [0.4, 0.5) is 17.5 Å². The summed E-state index contributed by atoms with van der Waals surface area (Å²) in [5, 5.41) is 15.4. The van der Waals surface area contributed by atoms with E-state index in [-0.39, 0.29) is 6.61 Å². The second kappa shape index (κ2) is 5.97. The van der Waals surface area contributed by atoms with Crippen molar-refractivity contribution in [1.82, 2.24) is 9.97 Å². The third-order valence-corrected chi connectivity index (χ3v) is 2.41. The summed E-state index contributed by atoms with van der Waals surface area (Å²) >= 11 is 0. The quantitative estimate of drug-likeness (QED) is 0.751. The monoisotopic (exact) mass is 244 g/mol. The zero-order valence-corrected chi connectivity index (χ0v) is 10.2. The van der Waals surface area contributed by atoms with Gasteiger partial charge in [-0.2, -0.15) is 4.98 Å². The van der Waals surface area contributed by atoms with Gasteiger partial charge >= 0.3 is 0 Å². The van der Waals surface area contributed by atoms with Gasteiger partial charge in [0.05, 0.1) is 6.61 Å². The number of aliphatic hydroxyl groups is 1. The van der Waals surface area contributed by atoms with E-state index in [4.69, 9.17) is 0 Å². The highest BCUT2D eigenvalue weighted by Crippen LogP contribution is 2.17. The van der Waals surface area contributed by atoms with Crippen LogP contribution in [-0.4, -0.2) is 21.6 Å². The standard InChI is InChI=1S/C13H16N4O/c1-2-14-12-10(9-18)8-15-13(17-12)16-11-6-4-3-5-7-11/h3-8,18H,2,9H2,1H3,(H2,14,15,16,17). The number of nitrogens with one attached hydrogen (secondary N) is 2. The molecular formula is C13H16N4O. The Hall–Kier alpha value is -2.14. The largest absolute Gasteiger partial charge is 0.391 e. The van der Waals surface area contributed by atoms with E-state index in [2.05, 4.69) is 20.6 Å². The van der Waals surface area contributed by atoms with Gasteiger partial charge in [0, 0.05) is 24.0 Å². The number of benzene rings is 1. The highest BCUT2D eigenvalue weighted by atomic mass is 16.3. The molecular weight excluding hydrogens is 228 g/mol. The number of nitrogens with zero attached hydrogens (tertiary/aromatic N) is 2. The minimum absolute atomic E-state index is 0.0754. The van der Waals surface area contributed by atoms with Crippen molar-refractivity contribution in [3.63, 3.8) is 0 Å². The maximum absolute atomic E-state index is 9.19. The second-order valence-electron chi connectivity index (χ2n) is 3.75. The molecule has 5 nitrogen and oxygen atoms in total. The molecule has 0 atom stereocenters. The minimum atomic E-state index is -0.0754. The Labute approximate surface area is 106 Å². The van der Waals surface area contributed by atoms with Crippen molar-refractivity contribution >= 4 is 17.5 Å². The fourth-order valence-corrected chi connectivity index (χ4v) is 1.55. The smallest absolute Gasteiger partial charge is 0.229 e. The lowest BCUT2D eigenvalue weighted by Gasteiger charge is -2.10. The molecule has 0 amide bonds. The Morgan fingerprint density at radius 1 is 1.22 bits per heavy atom. The summed E-state index contributed by atoms with van der Waals surface area (Å²) in [6, 6.07) is 9.71. The van der Waals surface area contributed by atoms with Crippen LogP contribution in [0.3, 0.4) is 0 Å². The third kappa shape index (κ3) is 2.95. The predicted octanol–water partition coefficient (Wildman–Crippen LogP) is 2.14. The molecule has 0 aliphatic heterocycles. The van der Waals surface area contributed by atoms with E-state index >= 15 is 0 Å². The molecule has 1 heterocycles. The van der Waals surface area contributed by atoms with Crippen molar-refractivity contribution in [1.29, 1.82) is 0 Å². The minimum Gasteiger partial charge on any atom is -0.391 e. The Bertz CT molecular complexity index is 502. The van der Waals surface area contributed by atoms with Gasteiger partial charge in [0.25, 0.3) is 0 Å². The van der Waals surface area contributed by atoms with Crippen LogP contribution in [0.1, 0.15) is 12.5 Å². The number of rotatable bonds is 5. The summed E-state index contributed by atoms with van der Waals surface area (Å²) in [6.07, 6.45) is 1.62. The topological polar surface area (TPSA) is 70.1 Å². The summed E-state index contributed by atoms with van der Waals surface area (Å²) in [4.78, 5) is 8.50. The molecule has 0 aliphatic rings. The SMILES string of the molecule is CCNc1nc(Nc2ccccc2)ncc1CO. The first-order valence-corrected chi connectivity index (χ1v) is 5.86. The number of anilines is 3. The molecule has 0 radical (unpaired) electrons. The molecule has 0 spiro atoms. The normalized spacial score (nSPS) is 10.1. The van der Waals surface area contributed by atoms with Crippen molar-refractivity contribution in [3.8, 4) is 0 Å². The molecule has 0 fully saturated rings. The highest BCUT2D eigenvalue weighted by molar-refractivity contribution is 5.55. The van der Waals surface area contributed by atoms with Crippen molar-refractivity contribution in [3.05, 3.63) is 42.1 Å². The zero-order chi connectivity index (χ0) is 12.8. The number of para-hydroxylation sites is 1. The van der Waals surface area contributed by atoms with E-state index in [1.807, 2.05) is 37.3 Å². The van der Waals surface area contributed by atoms with Gasteiger partial charge in [-0.3, -0.25) is 0 Å². The van der Waals surface area contributed by atoms with Gasteiger partial charge in [-0.05, 0) is 19.1 Å². The van der Waals surface area contributed by atoms with Crippen molar-refractivity contribution < 1.29 is 5.11 Å². The van der Waals surface area contributed by atoms with Gasteiger partial charge in [-0.25, -0.2) is 4.98 Å². The van der Waals surface area contributed by atoms with Crippen LogP contribution in [0.2, 0.25) is 0 Å². The Morgan fingerprint density at radius 3 is 2.67 bits per heavy atom. The molecule has 0 unspecified atom stereocenters. The van der Waals surface area contributed by atoms with Gasteiger partial charge in [0.15, 0.2) is 0 Å². The Morgan fingerprint density at radius 2 is 2.00 bits per heavy atom. The molecule has 0 aliphatic carbocycles. The molecule has 0 saturated carbocycles. The maximum atomic E-state index is 9.19. The van der Waals surface area contributed by atoms with Gasteiger partial charge in [-0.15, -0.1) is 0 Å². The van der Waals surface area contributed by atoms with E-state index in [9.17, 15) is 5.11 Å². The van der Waals surface area contributed by atoms with Crippen LogP contribution in [0.15, 0.2) is 36.5 Å². The fourth-order valence-electron chi connectivity index (χ4n) is 1.55. The molecule has 5 heteroatoms. The molecule has 1 aromatic carbocycles. The molecule has 94 valence electrons. The molecule has 1 aromatic heterocycles. The van der Waals surface area contributed by atoms with Crippen LogP contribution in [-0.2, 0) is 6.61 Å². The molecule has 0 bridgehead atoms. The van der Waals surface area contributed by atoms with E-state index < -0.39 is 0 Å². The number of hydrogen-bond donors (Lipinski definition) is 3. The van der Waals surface area contributed by atoms with E-state index in [1.165, 1.54) is 0 Å². The predicted molar refractivity (Wildman–Crippen MR) is 71.8 cm³/mol. The van der Waals surface area contributed by atoms with Crippen molar-refractivity contribution in [2.45, 2.75) is 13.5 Å². The first kappa shape index (κ1) is 12.3. The average Bonchev–Trinajstić information content (AvgIpc) is 2.41. The van der Waals surface area contributed by atoms with Gasteiger partial charge < -0.3 is 15.7 Å².